The quantitative estimate of drug-likeness (QED) is 0.352. The molecule has 0 aliphatic heterocycles. The van der Waals surface area contributed by atoms with Crippen LogP contribution in [0.2, 0.25) is 0 Å². The summed E-state index contributed by atoms with van der Waals surface area (Å²) in [5.74, 6) is 0.0617. The molecule has 0 saturated carbocycles. The lowest BCUT2D eigenvalue weighted by atomic mass is 10.1. The molecule has 4 aromatic rings. The van der Waals surface area contributed by atoms with Gasteiger partial charge in [-0.3, -0.25) is 9.59 Å². The van der Waals surface area contributed by atoms with E-state index in [1.54, 1.807) is 37.5 Å². The highest BCUT2D eigenvalue weighted by Crippen LogP contribution is 2.18. The molecule has 0 saturated heterocycles. The Labute approximate surface area is 189 Å². The molecule has 0 fully saturated rings. The number of H-pyrrole nitrogens is 1. The molecule has 6 nitrogen and oxygen atoms in total. The molecule has 2 amide bonds. The highest BCUT2D eigenvalue weighted by atomic mass is 32.1. The summed E-state index contributed by atoms with van der Waals surface area (Å²) in [6, 6.07) is 18.8. The maximum Gasteiger partial charge on any atom is 0.267 e. The third-order valence-electron chi connectivity index (χ3n) is 5.02. The zero-order valence-electron chi connectivity index (χ0n) is 17.6. The van der Waals surface area contributed by atoms with Gasteiger partial charge in [0, 0.05) is 23.6 Å². The Hall–Kier alpha value is -3.84. The van der Waals surface area contributed by atoms with E-state index in [1.807, 2.05) is 41.9 Å². The summed E-state index contributed by atoms with van der Waals surface area (Å²) in [4.78, 5) is 29.3. The van der Waals surface area contributed by atoms with Gasteiger partial charge in [-0.05, 0) is 53.3 Å². The molecule has 162 valence electrons. The molecule has 3 N–H and O–H groups in total. The second kappa shape index (κ2) is 9.98. The molecule has 7 heteroatoms. The van der Waals surface area contributed by atoms with Crippen LogP contribution in [-0.2, 0) is 11.2 Å². The summed E-state index contributed by atoms with van der Waals surface area (Å²) in [7, 11) is 1.60. The molecule has 0 aliphatic rings. The van der Waals surface area contributed by atoms with Crippen LogP contribution in [0.15, 0.2) is 77.9 Å². The van der Waals surface area contributed by atoms with Crippen LogP contribution in [-0.4, -0.2) is 30.5 Å². The van der Waals surface area contributed by atoms with Crippen molar-refractivity contribution in [3.63, 3.8) is 0 Å². The zero-order chi connectivity index (χ0) is 22.3. The normalized spacial score (nSPS) is 11.3. The fourth-order valence-corrected chi connectivity index (χ4v) is 3.98. The van der Waals surface area contributed by atoms with Crippen molar-refractivity contribution in [1.82, 2.24) is 15.6 Å². The van der Waals surface area contributed by atoms with Gasteiger partial charge in [0.2, 0.25) is 0 Å². The van der Waals surface area contributed by atoms with E-state index >= 15 is 0 Å². The van der Waals surface area contributed by atoms with Gasteiger partial charge in [0.05, 0.1) is 12.0 Å². The number of benzene rings is 2. The van der Waals surface area contributed by atoms with Crippen LogP contribution in [0.3, 0.4) is 0 Å². The maximum atomic E-state index is 12.9. The molecule has 32 heavy (non-hydrogen) atoms. The van der Waals surface area contributed by atoms with Crippen molar-refractivity contribution >= 4 is 40.1 Å². The number of aromatic amines is 1. The first kappa shape index (κ1) is 21.4. The molecular weight excluding hydrogens is 422 g/mol. The van der Waals surface area contributed by atoms with Gasteiger partial charge in [0.15, 0.2) is 0 Å². The molecule has 0 aliphatic carbocycles. The number of ether oxygens (including phenoxy) is 1. The fraction of sp³-hybridized carbons (Fsp3) is 0.120. The molecule has 0 radical (unpaired) electrons. The minimum atomic E-state index is -0.342. The van der Waals surface area contributed by atoms with Crippen LogP contribution >= 0.6 is 11.3 Å². The van der Waals surface area contributed by atoms with Crippen LogP contribution in [0.4, 0.5) is 0 Å². The van der Waals surface area contributed by atoms with Gasteiger partial charge in [0.25, 0.3) is 11.8 Å². The number of nitrogens with one attached hydrogen (secondary N) is 3. The molecule has 4 rings (SSSR count). The SMILES string of the molecule is COc1ccc(C=C(NC(=O)c2cccs2)C(=O)NCCc2c[nH]c3ccccc23)cc1. The molecule has 0 atom stereocenters. The van der Waals surface area contributed by atoms with Gasteiger partial charge in [-0.25, -0.2) is 0 Å². The largest absolute Gasteiger partial charge is 0.497 e. The molecule has 0 bridgehead atoms. The van der Waals surface area contributed by atoms with Crippen LogP contribution in [0.25, 0.3) is 17.0 Å². The zero-order valence-corrected chi connectivity index (χ0v) is 18.4. The molecular formula is C25H23N3O3S. The predicted octanol–water partition coefficient (Wildman–Crippen LogP) is 4.37. The van der Waals surface area contributed by atoms with Gasteiger partial charge in [-0.1, -0.05) is 36.4 Å². The smallest absolute Gasteiger partial charge is 0.267 e. The number of fused-ring (bicyclic) bond motifs is 1. The van der Waals surface area contributed by atoms with Crippen molar-refractivity contribution in [2.75, 3.05) is 13.7 Å². The van der Waals surface area contributed by atoms with E-state index in [-0.39, 0.29) is 17.5 Å². The average molecular weight is 446 g/mol. The number of rotatable bonds is 8. The number of thiophene rings is 1. The highest BCUT2D eigenvalue weighted by molar-refractivity contribution is 7.12. The second-order valence-corrected chi connectivity index (χ2v) is 8.08. The van der Waals surface area contributed by atoms with Gasteiger partial charge < -0.3 is 20.4 Å². The average Bonchev–Trinajstić information content (AvgIpc) is 3.50. The first-order valence-electron chi connectivity index (χ1n) is 10.2. The highest BCUT2D eigenvalue weighted by Gasteiger charge is 2.15. The fourth-order valence-electron chi connectivity index (χ4n) is 3.36. The molecule has 0 spiro atoms. The number of amides is 2. The van der Waals surface area contributed by atoms with E-state index in [4.69, 9.17) is 4.74 Å². The minimum Gasteiger partial charge on any atom is -0.497 e. The lowest BCUT2D eigenvalue weighted by Gasteiger charge is -2.11. The molecule has 2 heterocycles. The first-order chi connectivity index (χ1) is 15.6. The Morgan fingerprint density at radius 1 is 1.06 bits per heavy atom. The number of hydrogen-bond acceptors (Lipinski definition) is 4. The minimum absolute atomic E-state index is 0.187. The Morgan fingerprint density at radius 2 is 1.88 bits per heavy atom. The number of carbonyl (C=O) groups excluding carboxylic acids is 2. The van der Waals surface area contributed by atoms with Crippen LogP contribution in [0.1, 0.15) is 20.8 Å². The number of methoxy groups -OCH3 is 1. The number of carbonyl (C=O) groups is 2. The summed E-state index contributed by atoms with van der Waals surface area (Å²) in [5.41, 5.74) is 3.16. The standard InChI is InChI=1S/C25H23N3O3S/c1-31-19-10-8-17(9-11-19)15-22(28-25(30)23-7-4-14-32-23)24(29)26-13-12-18-16-27-21-6-3-2-5-20(18)21/h2-11,14-16,27H,12-13H2,1H3,(H,26,29)(H,28,30). The van der Waals surface area contributed by atoms with Crippen molar-refractivity contribution in [3.8, 4) is 5.75 Å². The van der Waals surface area contributed by atoms with E-state index in [1.165, 1.54) is 11.3 Å². The van der Waals surface area contributed by atoms with Crippen molar-refractivity contribution in [2.24, 2.45) is 0 Å². The van der Waals surface area contributed by atoms with Gasteiger partial charge in [0.1, 0.15) is 11.4 Å². The Bertz CT molecular complexity index is 1240. The summed E-state index contributed by atoms with van der Waals surface area (Å²) in [6.45, 7) is 0.440. The molecule has 2 aromatic carbocycles. The third kappa shape index (κ3) is 5.07. The summed E-state index contributed by atoms with van der Waals surface area (Å²) in [6.07, 6.45) is 4.29. The molecule has 2 aromatic heterocycles. The Balaban J connectivity index is 1.48. The first-order valence-corrected chi connectivity index (χ1v) is 11.1. The van der Waals surface area contributed by atoms with Crippen molar-refractivity contribution < 1.29 is 14.3 Å². The maximum absolute atomic E-state index is 12.9. The van der Waals surface area contributed by atoms with Crippen LogP contribution in [0.5, 0.6) is 5.75 Å². The van der Waals surface area contributed by atoms with Crippen molar-refractivity contribution in [3.05, 3.63) is 93.9 Å². The second-order valence-electron chi connectivity index (χ2n) is 7.13. The number of aromatic nitrogens is 1. The summed E-state index contributed by atoms with van der Waals surface area (Å²) < 4.78 is 5.18. The lowest BCUT2D eigenvalue weighted by Crippen LogP contribution is -2.35. The Morgan fingerprint density at radius 3 is 2.62 bits per heavy atom. The summed E-state index contributed by atoms with van der Waals surface area (Å²) in [5, 5.41) is 8.64. The van der Waals surface area contributed by atoms with Crippen LogP contribution in [0, 0.1) is 0 Å². The van der Waals surface area contributed by atoms with Gasteiger partial charge in [-0.15, -0.1) is 11.3 Å². The Kier molecular flexibility index (Phi) is 6.67. The van der Waals surface area contributed by atoms with E-state index in [9.17, 15) is 9.59 Å². The van der Waals surface area contributed by atoms with Crippen LogP contribution < -0.4 is 15.4 Å². The van der Waals surface area contributed by atoms with E-state index < -0.39 is 0 Å². The molecule has 0 unspecified atom stereocenters. The number of hydrogen-bond donors (Lipinski definition) is 3. The predicted molar refractivity (Wildman–Crippen MR) is 128 cm³/mol. The third-order valence-corrected chi connectivity index (χ3v) is 5.89. The van der Waals surface area contributed by atoms with Crippen molar-refractivity contribution in [1.29, 1.82) is 0 Å². The van der Waals surface area contributed by atoms with Gasteiger partial charge >= 0.3 is 0 Å². The van der Waals surface area contributed by atoms with E-state index in [2.05, 4.69) is 21.7 Å². The summed E-state index contributed by atoms with van der Waals surface area (Å²) >= 11 is 1.32. The lowest BCUT2D eigenvalue weighted by molar-refractivity contribution is -0.117. The number of para-hydroxylation sites is 1. The van der Waals surface area contributed by atoms with Gasteiger partial charge in [-0.2, -0.15) is 0 Å². The van der Waals surface area contributed by atoms with E-state index in [0.29, 0.717) is 17.8 Å². The topological polar surface area (TPSA) is 83.2 Å². The monoisotopic (exact) mass is 445 g/mol. The van der Waals surface area contributed by atoms with Crippen molar-refractivity contribution in [2.45, 2.75) is 6.42 Å². The van der Waals surface area contributed by atoms with E-state index in [0.717, 1.165) is 27.8 Å².